The summed E-state index contributed by atoms with van der Waals surface area (Å²) in [4.78, 5) is 2.55. The Labute approximate surface area is 107 Å². The van der Waals surface area contributed by atoms with E-state index in [1.165, 1.54) is 19.4 Å². The van der Waals surface area contributed by atoms with Crippen molar-refractivity contribution in [3.05, 3.63) is 0 Å². The number of rotatable bonds is 7. The van der Waals surface area contributed by atoms with Crippen molar-refractivity contribution in [2.24, 2.45) is 5.92 Å². The van der Waals surface area contributed by atoms with Crippen molar-refractivity contribution >= 4 is 0 Å². The third-order valence-corrected chi connectivity index (χ3v) is 3.10. The summed E-state index contributed by atoms with van der Waals surface area (Å²) < 4.78 is 5.83. The molecule has 0 radical (unpaired) electrons. The fraction of sp³-hybridized carbons (Fsp3) is 1.00. The summed E-state index contributed by atoms with van der Waals surface area (Å²) in [6.07, 6.45) is 2.86. The van der Waals surface area contributed by atoms with Gasteiger partial charge in [-0.2, -0.15) is 0 Å². The summed E-state index contributed by atoms with van der Waals surface area (Å²) in [7, 11) is 0. The maximum Gasteiger partial charge on any atom is 0.0703 e. The molecule has 0 aromatic rings. The maximum atomic E-state index is 5.83. The molecule has 0 unspecified atom stereocenters. The van der Waals surface area contributed by atoms with Crippen LogP contribution >= 0.6 is 0 Å². The molecule has 1 N–H and O–H groups in total. The molecule has 1 atom stereocenters. The number of hydrogen-bond donors (Lipinski definition) is 1. The van der Waals surface area contributed by atoms with Gasteiger partial charge < -0.3 is 10.1 Å². The molecule has 0 amide bonds. The van der Waals surface area contributed by atoms with Crippen molar-refractivity contribution < 1.29 is 4.74 Å². The minimum absolute atomic E-state index is 0.455. The fourth-order valence-electron chi connectivity index (χ4n) is 2.36. The first kappa shape index (κ1) is 14.9. The van der Waals surface area contributed by atoms with Crippen LogP contribution in [0.15, 0.2) is 0 Å². The van der Waals surface area contributed by atoms with Crippen molar-refractivity contribution in [3.8, 4) is 0 Å². The molecule has 3 heteroatoms. The lowest BCUT2D eigenvalue weighted by molar-refractivity contribution is -0.0357. The van der Waals surface area contributed by atoms with Crippen molar-refractivity contribution in [1.29, 1.82) is 0 Å². The van der Waals surface area contributed by atoms with Gasteiger partial charge in [-0.3, -0.25) is 4.90 Å². The van der Waals surface area contributed by atoms with Crippen molar-refractivity contribution in [2.75, 3.05) is 32.8 Å². The van der Waals surface area contributed by atoms with Gasteiger partial charge in [0.1, 0.15) is 0 Å². The van der Waals surface area contributed by atoms with E-state index in [2.05, 4.69) is 37.9 Å². The highest BCUT2D eigenvalue weighted by molar-refractivity contribution is 4.72. The van der Waals surface area contributed by atoms with E-state index in [0.29, 0.717) is 12.1 Å². The van der Waals surface area contributed by atoms with E-state index in [-0.39, 0.29) is 0 Å². The average Bonchev–Trinajstić information content (AvgIpc) is 2.24. The van der Waals surface area contributed by atoms with Crippen LogP contribution in [0.1, 0.15) is 40.5 Å². The van der Waals surface area contributed by atoms with Gasteiger partial charge in [-0.15, -0.1) is 0 Å². The zero-order chi connectivity index (χ0) is 12.7. The highest BCUT2D eigenvalue weighted by atomic mass is 16.5. The summed E-state index contributed by atoms with van der Waals surface area (Å²) in [5.41, 5.74) is 0. The first-order valence-corrected chi connectivity index (χ1v) is 7.15. The van der Waals surface area contributed by atoms with Gasteiger partial charge in [0.05, 0.1) is 12.7 Å². The van der Waals surface area contributed by atoms with Crippen LogP contribution in [0.5, 0.6) is 0 Å². The van der Waals surface area contributed by atoms with Crippen LogP contribution < -0.4 is 5.32 Å². The van der Waals surface area contributed by atoms with Gasteiger partial charge in [-0.05, 0) is 25.3 Å². The van der Waals surface area contributed by atoms with E-state index in [4.69, 9.17) is 4.74 Å². The molecule has 0 spiro atoms. The van der Waals surface area contributed by atoms with Crippen molar-refractivity contribution in [3.63, 3.8) is 0 Å². The predicted molar refractivity (Wildman–Crippen MR) is 73.4 cm³/mol. The van der Waals surface area contributed by atoms with Gasteiger partial charge in [0.2, 0.25) is 0 Å². The number of ether oxygens (including phenoxy) is 1. The summed E-state index contributed by atoms with van der Waals surface area (Å²) in [5.74, 6) is 0.761. The zero-order valence-corrected chi connectivity index (χ0v) is 12.0. The van der Waals surface area contributed by atoms with Gasteiger partial charge >= 0.3 is 0 Å². The molecule has 0 bridgehead atoms. The quantitative estimate of drug-likeness (QED) is 0.692. The highest BCUT2D eigenvalue weighted by Crippen LogP contribution is 2.11. The van der Waals surface area contributed by atoms with E-state index >= 15 is 0 Å². The van der Waals surface area contributed by atoms with Crippen LogP contribution in [0.3, 0.4) is 0 Å². The molecule has 102 valence electrons. The Bertz CT molecular complexity index is 195. The second-order valence-corrected chi connectivity index (χ2v) is 5.90. The predicted octanol–water partition coefficient (Wildman–Crippen LogP) is 2.12. The summed E-state index contributed by atoms with van der Waals surface area (Å²) >= 11 is 0. The number of morpholine rings is 1. The lowest BCUT2D eigenvalue weighted by atomic mass is 10.1. The lowest BCUT2D eigenvalue weighted by Gasteiger charge is -2.34. The summed E-state index contributed by atoms with van der Waals surface area (Å²) in [6.45, 7) is 14.4. The van der Waals surface area contributed by atoms with Gasteiger partial charge in [-0.1, -0.05) is 27.7 Å². The van der Waals surface area contributed by atoms with Crippen molar-refractivity contribution in [2.45, 2.75) is 52.7 Å². The van der Waals surface area contributed by atoms with Crippen LogP contribution in [0, 0.1) is 5.92 Å². The van der Waals surface area contributed by atoms with Crippen LogP contribution in [-0.4, -0.2) is 49.8 Å². The largest absolute Gasteiger partial charge is 0.376 e. The molecule has 1 rings (SSSR count). The Hall–Kier alpha value is -0.120. The molecular weight excluding hydrogens is 212 g/mol. The van der Waals surface area contributed by atoms with Crippen LogP contribution in [0.2, 0.25) is 0 Å². The van der Waals surface area contributed by atoms with Crippen LogP contribution in [0.25, 0.3) is 0 Å². The van der Waals surface area contributed by atoms with Gasteiger partial charge in [0.25, 0.3) is 0 Å². The van der Waals surface area contributed by atoms with Gasteiger partial charge in [0.15, 0.2) is 0 Å². The second-order valence-electron chi connectivity index (χ2n) is 5.90. The summed E-state index contributed by atoms with van der Waals surface area (Å²) in [5, 5.41) is 3.46. The third kappa shape index (κ3) is 7.02. The van der Waals surface area contributed by atoms with E-state index < -0.39 is 0 Å². The molecule has 0 aromatic heterocycles. The van der Waals surface area contributed by atoms with E-state index in [1.807, 2.05) is 0 Å². The minimum atomic E-state index is 0.455. The molecular formula is C14H30N2O. The molecule has 1 saturated heterocycles. The van der Waals surface area contributed by atoms with Gasteiger partial charge in [-0.25, -0.2) is 0 Å². The van der Waals surface area contributed by atoms with Crippen LogP contribution in [-0.2, 0) is 4.74 Å². The van der Waals surface area contributed by atoms with Crippen molar-refractivity contribution in [1.82, 2.24) is 10.2 Å². The smallest absolute Gasteiger partial charge is 0.0703 e. The first-order valence-electron chi connectivity index (χ1n) is 7.15. The Morgan fingerprint density at radius 1 is 1.29 bits per heavy atom. The SMILES string of the molecule is CC(C)CN1CCO[C@H](CCCNC(C)C)C1. The third-order valence-electron chi connectivity index (χ3n) is 3.10. The number of hydrogen-bond acceptors (Lipinski definition) is 3. The molecule has 0 aromatic carbocycles. The van der Waals surface area contributed by atoms with E-state index in [9.17, 15) is 0 Å². The van der Waals surface area contributed by atoms with Gasteiger partial charge in [0, 0.05) is 25.7 Å². The zero-order valence-electron chi connectivity index (χ0n) is 12.0. The van der Waals surface area contributed by atoms with E-state index in [1.54, 1.807) is 0 Å². The molecule has 17 heavy (non-hydrogen) atoms. The topological polar surface area (TPSA) is 24.5 Å². The Kier molecular flexibility index (Phi) is 7.09. The normalized spacial score (nSPS) is 22.6. The number of nitrogens with zero attached hydrogens (tertiary/aromatic N) is 1. The molecule has 0 saturated carbocycles. The lowest BCUT2D eigenvalue weighted by Crippen LogP contribution is -2.44. The number of nitrogens with one attached hydrogen (secondary N) is 1. The standard InChI is InChI=1S/C14H30N2O/c1-12(2)10-16-8-9-17-14(11-16)6-5-7-15-13(3)4/h12-15H,5-11H2,1-4H3/t14-/m1/s1. The molecule has 1 aliphatic heterocycles. The second kappa shape index (κ2) is 8.06. The highest BCUT2D eigenvalue weighted by Gasteiger charge is 2.20. The van der Waals surface area contributed by atoms with E-state index in [0.717, 1.165) is 32.2 Å². The monoisotopic (exact) mass is 242 g/mol. The molecule has 1 heterocycles. The fourth-order valence-corrected chi connectivity index (χ4v) is 2.36. The summed E-state index contributed by atoms with van der Waals surface area (Å²) in [6, 6.07) is 0.597. The molecule has 1 aliphatic rings. The van der Waals surface area contributed by atoms with Crippen LogP contribution in [0.4, 0.5) is 0 Å². The first-order chi connectivity index (χ1) is 8.08. The Morgan fingerprint density at radius 3 is 2.71 bits per heavy atom. The average molecular weight is 242 g/mol. The molecule has 0 aliphatic carbocycles. The Balaban J connectivity index is 2.12. The maximum absolute atomic E-state index is 5.83. The molecule has 1 fully saturated rings. The Morgan fingerprint density at radius 2 is 2.06 bits per heavy atom. The minimum Gasteiger partial charge on any atom is -0.376 e. The molecule has 3 nitrogen and oxygen atoms in total.